The first-order valence-electron chi connectivity index (χ1n) is 5.73. The van der Waals surface area contributed by atoms with Crippen LogP contribution in [0, 0.1) is 5.82 Å². The number of nitrogens with two attached hydrogens (primary N) is 1. The average molecular weight is 290 g/mol. The molecule has 0 amide bonds. The zero-order chi connectivity index (χ0) is 14.0. The molecule has 1 saturated heterocycles. The lowest BCUT2D eigenvalue weighted by Gasteiger charge is -2.31. The smallest absolute Gasteiger partial charge is 0.245 e. The molecule has 8 heteroatoms. The van der Waals surface area contributed by atoms with Gasteiger partial charge in [-0.2, -0.15) is 4.31 Å². The standard InChI is InChI=1S/C11H15FN2O4S/c12-9-2-1-3-10(11(9)13)19(16,17)14-4-5-18-8(6-14)7-15/h1-3,8,15H,4-7,13H2. The number of halogens is 1. The largest absolute Gasteiger partial charge is 0.395 e. The van der Waals surface area contributed by atoms with E-state index in [1.54, 1.807) is 0 Å². The van der Waals surface area contributed by atoms with E-state index in [0.29, 0.717) is 0 Å². The fourth-order valence-corrected chi connectivity index (χ4v) is 3.48. The van der Waals surface area contributed by atoms with Crippen LogP contribution in [0.25, 0.3) is 0 Å². The van der Waals surface area contributed by atoms with Gasteiger partial charge in [-0.05, 0) is 12.1 Å². The highest BCUT2D eigenvalue weighted by Gasteiger charge is 2.32. The minimum Gasteiger partial charge on any atom is -0.395 e. The van der Waals surface area contributed by atoms with Gasteiger partial charge in [-0.3, -0.25) is 0 Å². The van der Waals surface area contributed by atoms with Crippen molar-refractivity contribution in [2.24, 2.45) is 0 Å². The molecule has 1 fully saturated rings. The third-order valence-corrected chi connectivity index (χ3v) is 4.86. The van der Waals surface area contributed by atoms with Crippen LogP contribution in [0.4, 0.5) is 10.1 Å². The fraction of sp³-hybridized carbons (Fsp3) is 0.455. The van der Waals surface area contributed by atoms with E-state index >= 15 is 0 Å². The Morgan fingerprint density at radius 1 is 1.53 bits per heavy atom. The monoisotopic (exact) mass is 290 g/mol. The van der Waals surface area contributed by atoms with Crippen molar-refractivity contribution in [2.45, 2.75) is 11.0 Å². The van der Waals surface area contributed by atoms with Crippen LogP contribution in [-0.4, -0.2) is 50.2 Å². The van der Waals surface area contributed by atoms with Gasteiger partial charge in [0.2, 0.25) is 10.0 Å². The molecule has 6 nitrogen and oxygen atoms in total. The van der Waals surface area contributed by atoms with Gasteiger partial charge >= 0.3 is 0 Å². The maximum Gasteiger partial charge on any atom is 0.245 e. The number of aliphatic hydroxyl groups is 1. The summed E-state index contributed by atoms with van der Waals surface area (Å²) in [4.78, 5) is -0.258. The topological polar surface area (TPSA) is 92.9 Å². The third kappa shape index (κ3) is 2.71. The Morgan fingerprint density at radius 3 is 2.95 bits per heavy atom. The first-order valence-corrected chi connectivity index (χ1v) is 7.17. The number of para-hydroxylation sites is 1. The van der Waals surface area contributed by atoms with Crippen molar-refractivity contribution >= 4 is 15.7 Å². The highest BCUT2D eigenvalue weighted by atomic mass is 32.2. The molecule has 0 spiro atoms. The highest BCUT2D eigenvalue weighted by molar-refractivity contribution is 7.89. The summed E-state index contributed by atoms with van der Waals surface area (Å²) in [7, 11) is -3.88. The van der Waals surface area contributed by atoms with Crippen molar-refractivity contribution < 1.29 is 22.7 Å². The van der Waals surface area contributed by atoms with E-state index in [0.717, 1.165) is 10.4 Å². The van der Waals surface area contributed by atoms with E-state index in [2.05, 4.69) is 0 Å². The number of aliphatic hydroxyl groups excluding tert-OH is 1. The first-order chi connectivity index (χ1) is 8.96. The molecule has 0 aromatic heterocycles. The van der Waals surface area contributed by atoms with Gasteiger partial charge < -0.3 is 15.6 Å². The minimum atomic E-state index is -3.88. The van der Waals surface area contributed by atoms with Crippen LogP contribution < -0.4 is 5.73 Å². The second-order valence-corrected chi connectivity index (χ2v) is 6.10. The van der Waals surface area contributed by atoms with Crippen LogP contribution >= 0.6 is 0 Å². The van der Waals surface area contributed by atoms with Crippen LogP contribution in [0.3, 0.4) is 0 Å². The summed E-state index contributed by atoms with van der Waals surface area (Å²) >= 11 is 0. The number of sulfonamides is 1. The number of benzene rings is 1. The number of nitrogen functional groups attached to an aromatic ring is 1. The molecule has 1 aromatic carbocycles. The van der Waals surface area contributed by atoms with Crippen molar-refractivity contribution in [1.82, 2.24) is 4.31 Å². The van der Waals surface area contributed by atoms with Crippen LogP contribution in [0.15, 0.2) is 23.1 Å². The molecule has 1 atom stereocenters. The molecule has 1 heterocycles. The number of hydrogen-bond acceptors (Lipinski definition) is 5. The van der Waals surface area contributed by atoms with Gasteiger partial charge in [-0.1, -0.05) is 6.07 Å². The predicted molar refractivity (Wildman–Crippen MR) is 66.4 cm³/mol. The second kappa shape index (κ2) is 5.41. The van der Waals surface area contributed by atoms with Crippen LogP contribution in [-0.2, 0) is 14.8 Å². The van der Waals surface area contributed by atoms with Gasteiger partial charge in [-0.15, -0.1) is 0 Å². The number of hydrogen-bond donors (Lipinski definition) is 2. The highest BCUT2D eigenvalue weighted by Crippen LogP contribution is 2.25. The molecule has 106 valence electrons. The number of anilines is 1. The molecular formula is C11H15FN2O4S. The third-order valence-electron chi connectivity index (χ3n) is 2.94. The summed E-state index contributed by atoms with van der Waals surface area (Å²) in [6.45, 7) is 0.0773. The van der Waals surface area contributed by atoms with E-state index < -0.39 is 27.6 Å². The van der Waals surface area contributed by atoms with Gasteiger partial charge in [0.05, 0.1) is 25.0 Å². The quantitative estimate of drug-likeness (QED) is 0.751. The lowest BCUT2D eigenvalue weighted by molar-refractivity contribution is -0.0304. The summed E-state index contributed by atoms with van der Waals surface area (Å²) in [5.41, 5.74) is 5.09. The lowest BCUT2D eigenvalue weighted by Crippen LogP contribution is -2.46. The lowest BCUT2D eigenvalue weighted by atomic mass is 10.3. The summed E-state index contributed by atoms with van der Waals surface area (Å²) in [5.74, 6) is -0.770. The van der Waals surface area contributed by atoms with Crippen LogP contribution in [0.1, 0.15) is 0 Å². The molecule has 1 aliphatic rings. The molecule has 0 bridgehead atoms. The van der Waals surface area contributed by atoms with Crippen molar-refractivity contribution in [2.75, 3.05) is 32.0 Å². The van der Waals surface area contributed by atoms with Gasteiger partial charge in [-0.25, -0.2) is 12.8 Å². The average Bonchev–Trinajstić information content (AvgIpc) is 2.41. The Bertz CT molecular complexity index is 564. The van der Waals surface area contributed by atoms with E-state index in [1.165, 1.54) is 12.1 Å². The Morgan fingerprint density at radius 2 is 2.26 bits per heavy atom. The molecule has 2 rings (SSSR count). The number of morpholine rings is 1. The minimum absolute atomic E-state index is 0.0226. The Hall–Kier alpha value is -1.22. The maximum absolute atomic E-state index is 13.3. The molecule has 0 aliphatic carbocycles. The molecule has 3 N–H and O–H groups in total. The van der Waals surface area contributed by atoms with E-state index in [4.69, 9.17) is 15.6 Å². The predicted octanol–water partition coefficient (Wildman–Crippen LogP) is -0.210. The molecule has 19 heavy (non-hydrogen) atoms. The van der Waals surface area contributed by atoms with E-state index in [1.807, 2.05) is 0 Å². The molecule has 0 radical (unpaired) electrons. The van der Waals surface area contributed by atoms with Gasteiger partial charge in [0.1, 0.15) is 10.7 Å². The van der Waals surface area contributed by atoms with Crippen LogP contribution in [0.2, 0.25) is 0 Å². The second-order valence-electron chi connectivity index (χ2n) is 4.19. The van der Waals surface area contributed by atoms with Crippen molar-refractivity contribution in [3.63, 3.8) is 0 Å². The summed E-state index contributed by atoms with van der Waals surface area (Å²) in [6.07, 6.45) is -0.571. The van der Waals surface area contributed by atoms with Crippen molar-refractivity contribution in [3.8, 4) is 0 Å². The van der Waals surface area contributed by atoms with Gasteiger partial charge in [0.15, 0.2) is 0 Å². The zero-order valence-corrected chi connectivity index (χ0v) is 10.9. The summed E-state index contributed by atoms with van der Waals surface area (Å²) < 4.78 is 44.4. The van der Waals surface area contributed by atoms with Gasteiger partial charge in [0, 0.05) is 13.1 Å². The first kappa shape index (κ1) is 14.2. The van der Waals surface area contributed by atoms with Crippen molar-refractivity contribution in [3.05, 3.63) is 24.0 Å². The maximum atomic E-state index is 13.3. The molecule has 1 unspecified atom stereocenters. The number of nitrogens with zero attached hydrogens (tertiary/aromatic N) is 1. The summed E-state index contributed by atoms with van der Waals surface area (Å²) in [5, 5.41) is 9.01. The molecule has 1 aliphatic heterocycles. The Balaban J connectivity index is 2.34. The van der Waals surface area contributed by atoms with Gasteiger partial charge in [0.25, 0.3) is 0 Å². The number of ether oxygens (including phenoxy) is 1. The van der Waals surface area contributed by atoms with Crippen molar-refractivity contribution in [1.29, 1.82) is 0 Å². The SMILES string of the molecule is Nc1c(F)cccc1S(=O)(=O)N1CCOC(CO)C1. The van der Waals surface area contributed by atoms with E-state index in [-0.39, 0.29) is 31.2 Å². The number of rotatable bonds is 3. The van der Waals surface area contributed by atoms with E-state index in [9.17, 15) is 12.8 Å². The fourth-order valence-electron chi connectivity index (χ4n) is 1.90. The zero-order valence-electron chi connectivity index (χ0n) is 10.1. The molecule has 1 aromatic rings. The Kier molecular flexibility index (Phi) is 4.04. The van der Waals surface area contributed by atoms with Crippen LogP contribution in [0.5, 0.6) is 0 Å². The molecule has 0 saturated carbocycles. The summed E-state index contributed by atoms with van der Waals surface area (Å²) in [6, 6.07) is 3.66. The Labute approximate surface area is 110 Å². The molecular weight excluding hydrogens is 275 g/mol. The normalized spacial score (nSPS) is 21.5.